The molecule has 0 radical (unpaired) electrons. The van der Waals surface area contributed by atoms with Crippen LogP contribution in [-0.2, 0) is 11.2 Å². The smallest absolute Gasteiger partial charge is 0.317 e. The molecule has 0 heterocycles. The molecule has 1 aromatic carbocycles. The normalized spacial score (nSPS) is 12.6. The fourth-order valence-electron chi connectivity index (χ4n) is 2.12. The van der Waals surface area contributed by atoms with Gasteiger partial charge in [-0.1, -0.05) is 37.3 Å². The number of hydrogen-bond donors (Lipinski definition) is 1. The van der Waals surface area contributed by atoms with E-state index in [1.165, 1.54) is 5.56 Å². The van der Waals surface area contributed by atoms with Gasteiger partial charge in [0.15, 0.2) is 0 Å². The van der Waals surface area contributed by atoms with Crippen LogP contribution in [0.1, 0.15) is 32.3 Å². The standard InChI is InChI=1S/C15H23NO2/c1-3-11-16(12-15(17)18)13(2)9-10-14-7-5-4-6-8-14/h4-8,13H,3,9-12H2,1-2H3,(H,17,18). The summed E-state index contributed by atoms with van der Waals surface area (Å²) in [5, 5.41) is 8.90. The summed E-state index contributed by atoms with van der Waals surface area (Å²) >= 11 is 0. The van der Waals surface area contributed by atoms with E-state index in [4.69, 9.17) is 5.11 Å². The zero-order valence-electron chi connectivity index (χ0n) is 11.3. The molecule has 0 aliphatic carbocycles. The molecule has 0 bridgehead atoms. The van der Waals surface area contributed by atoms with Gasteiger partial charge in [-0.05, 0) is 38.3 Å². The average Bonchev–Trinajstić information content (AvgIpc) is 2.36. The van der Waals surface area contributed by atoms with Gasteiger partial charge in [-0.2, -0.15) is 0 Å². The third-order valence-corrected chi connectivity index (χ3v) is 3.17. The van der Waals surface area contributed by atoms with Gasteiger partial charge in [-0.25, -0.2) is 0 Å². The molecule has 0 aliphatic heterocycles. The first kappa shape index (κ1) is 14.7. The van der Waals surface area contributed by atoms with Gasteiger partial charge in [0.05, 0.1) is 6.54 Å². The van der Waals surface area contributed by atoms with Crippen molar-refractivity contribution in [1.29, 1.82) is 0 Å². The van der Waals surface area contributed by atoms with E-state index in [2.05, 4.69) is 26.0 Å². The summed E-state index contributed by atoms with van der Waals surface area (Å²) in [7, 11) is 0. The molecule has 0 aromatic heterocycles. The van der Waals surface area contributed by atoms with E-state index in [0.717, 1.165) is 25.8 Å². The number of aliphatic carboxylic acids is 1. The van der Waals surface area contributed by atoms with Crippen molar-refractivity contribution in [2.24, 2.45) is 0 Å². The summed E-state index contributed by atoms with van der Waals surface area (Å²) in [5.41, 5.74) is 1.32. The number of nitrogens with zero attached hydrogens (tertiary/aromatic N) is 1. The van der Waals surface area contributed by atoms with Gasteiger partial charge in [-0.3, -0.25) is 9.69 Å². The Bertz CT molecular complexity index is 351. The number of rotatable bonds is 8. The molecule has 0 amide bonds. The summed E-state index contributed by atoms with van der Waals surface area (Å²) in [5.74, 6) is -0.741. The van der Waals surface area contributed by atoms with E-state index >= 15 is 0 Å². The summed E-state index contributed by atoms with van der Waals surface area (Å²) in [6, 6.07) is 10.6. The minimum atomic E-state index is -0.741. The highest BCUT2D eigenvalue weighted by Gasteiger charge is 2.15. The van der Waals surface area contributed by atoms with E-state index in [1.54, 1.807) is 0 Å². The highest BCUT2D eigenvalue weighted by molar-refractivity contribution is 5.69. The van der Waals surface area contributed by atoms with Crippen molar-refractivity contribution < 1.29 is 9.90 Å². The Morgan fingerprint density at radius 1 is 1.33 bits per heavy atom. The van der Waals surface area contributed by atoms with Crippen LogP contribution >= 0.6 is 0 Å². The molecule has 100 valence electrons. The highest BCUT2D eigenvalue weighted by Crippen LogP contribution is 2.10. The minimum Gasteiger partial charge on any atom is -0.480 e. The van der Waals surface area contributed by atoms with Crippen LogP contribution in [0.15, 0.2) is 30.3 Å². The fraction of sp³-hybridized carbons (Fsp3) is 0.533. The molecular formula is C15H23NO2. The number of aryl methyl sites for hydroxylation is 1. The van der Waals surface area contributed by atoms with Gasteiger partial charge in [0.1, 0.15) is 0 Å². The summed E-state index contributed by atoms with van der Waals surface area (Å²) in [6.45, 7) is 5.19. The van der Waals surface area contributed by atoms with E-state index < -0.39 is 5.97 Å². The highest BCUT2D eigenvalue weighted by atomic mass is 16.4. The molecular weight excluding hydrogens is 226 g/mol. The van der Waals surface area contributed by atoms with Crippen molar-refractivity contribution in [1.82, 2.24) is 4.90 Å². The Balaban J connectivity index is 2.45. The first-order valence-corrected chi connectivity index (χ1v) is 6.63. The molecule has 0 spiro atoms. The third-order valence-electron chi connectivity index (χ3n) is 3.17. The second-order valence-corrected chi connectivity index (χ2v) is 4.74. The van der Waals surface area contributed by atoms with Crippen molar-refractivity contribution >= 4 is 5.97 Å². The minimum absolute atomic E-state index is 0.143. The summed E-state index contributed by atoms with van der Waals surface area (Å²) in [6.07, 6.45) is 2.99. The van der Waals surface area contributed by atoms with E-state index in [1.807, 2.05) is 23.1 Å². The number of hydrogen-bond acceptors (Lipinski definition) is 2. The summed E-state index contributed by atoms with van der Waals surface area (Å²) in [4.78, 5) is 12.9. The van der Waals surface area contributed by atoms with E-state index in [9.17, 15) is 4.79 Å². The maximum Gasteiger partial charge on any atom is 0.317 e. The van der Waals surface area contributed by atoms with Crippen LogP contribution in [0.5, 0.6) is 0 Å². The Morgan fingerprint density at radius 2 is 2.00 bits per heavy atom. The molecule has 0 fully saturated rings. The van der Waals surface area contributed by atoms with E-state index in [-0.39, 0.29) is 6.54 Å². The van der Waals surface area contributed by atoms with Gasteiger partial charge in [0.2, 0.25) is 0 Å². The van der Waals surface area contributed by atoms with Gasteiger partial charge in [-0.15, -0.1) is 0 Å². The van der Waals surface area contributed by atoms with Crippen molar-refractivity contribution in [2.75, 3.05) is 13.1 Å². The summed E-state index contributed by atoms with van der Waals surface area (Å²) < 4.78 is 0. The fourth-order valence-corrected chi connectivity index (χ4v) is 2.12. The SMILES string of the molecule is CCCN(CC(=O)O)C(C)CCc1ccccc1. The lowest BCUT2D eigenvalue weighted by Crippen LogP contribution is -2.38. The van der Waals surface area contributed by atoms with E-state index in [0.29, 0.717) is 6.04 Å². The molecule has 1 N–H and O–H groups in total. The second-order valence-electron chi connectivity index (χ2n) is 4.74. The average molecular weight is 249 g/mol. The topological polar surface area (TPSA) is 40.5 Å². The van der Waals surface area contributed by atoms with Crippen molar-refractivity contribution in [3.8, 4) is 0 Å². The molecule has 3 heteroatoms. The molecule has 1 aromatic rings. The second kappa shape index (κ2) is 7.88. The predicted molar refractivity (Wildman–Crippen MR) is 73.7 cm³/mol. The number of carbonyl (C=O) groups is 1. The molecule has 1 unspecified atom stereocenters. The molecule has 1 atom stereocenters. The van der Waals surface area contributed by atoms with Crippen molar-refractivity contribution in [3.05, 3.63) is 35.9 Å². The predicted octanol–water partition coefficient (Wildman–Crippen LogP) is 2.80. The van der Waals surface area contributed by atoms with Crippen LogP contribution in [0.3, 0.4) is 0 Å². The zero-order valence-corrected chi connectivity index (χ0v) is 11.3. The Morgan fingerprint density at radius 3 is 2.56 bits per heavy atom. The molecule has 0 saturated carbocycles. The van der Waals surface area contributed by atoms with Crippen molar-refractivity contribution in [3.63, 3.8) is 0 Å². The Labute approximate surface area is 109 Å². The lowest BCUT2D eigenvalue weighted by Gasteiger charge is -2.27. The largest absolute Gasteiger partial charge is 0.480 e. The van der Waals surface area contributed by atoms with Gasteiger partial charge in [0, 0.05) is 6.04 Å². The third kappa shape index (κ3) is 5.32. The lowest BCUT2D eigenvalue weighted by molar-refractivity contribution is -0.138. The maximum atomic E-state index is 10.8. The number of benzene rings is 1. The zero-order chi connectivity index (χ0) is 13.4. The molecule has 1 rings (SSSR count). The first-order chi connectivity index (χ1) is 8.63. The molecule has 0 saturated heterocycles. The monoisotopic (exact) mass is 249 g/mol. The Kier molecular flexibility index (Phi) is 6.44. The van der Waals surface area contributed by atoms with Gasteiger partial charge >= 0.3 is 5.97 Å². The maximum absolute atomic E-state index is 10.8. The van der Waals surface area contributed by atoms with Gasteiger partial charge in [0.25, 0.3) is 0 Å². The van der Waals surface area contributed by atoms with Crippen LogP contribution < -0.4 is 0 Å². The van der Waals surface area contributed by atoms with Crippen LogP contribution in [0.4, 0.5) is 0 Å². The quantitative estimate of drug-likeness (QED) is 0.770. The lowest BCUT2D eigenvalue weighted by atomic mass is 10.1. The molecule has 3 nitrogen and oxygen atoms in total. The van der Waals surface area contributed by atoms with Crippen LogP contribution in [-0.4, -0.2) is 35.1 Å². The van der Waals surface area contributed by atoms with Crippen molar-refractivity contribution in [2.45, 2.75) is 39.2 Å². The number of carboxylic acid groups (broad SMARTS) is 1. The number of carboxylic acids is 1. The molecule has 0 aliphatic rings. The van der Waals surface area contributed by atoms with Gasteiger partial charge < -0.3 is 5.11 Å². The molecule has 18 heavy (non-hydrogen) atoms. The van der Waals surface area contributed by atoms with Crippen LogP contribution in [0.2, 0.25) is 0 Å². The van der Waals surface area contributed by atoms with Crippen LogP contribution in [0, 0.1) is 0 Å². The van der Waals surface area contributed by atoms with Crippen LogP contribution in [0.25, 0.3) is 0 Å². The Hall–Kier alpha value is -1.35. The first-order valence-electron chi connectivity index (χ1n) is 6.63.